The first-order chi connectivity index (χ1) is 20.0. The number of nitrogens with zero attached hydrogens (tertiary/aromatic N) is 6. The van der Waals surface area contributed by atoms with E-state index >= 15 is 0 Å². The number of nitrogens with two attached hydrogens (primary N) is 1. The maximum absolute atomic E-state index is 13.2. The summed E-state index contributed by atoms with van der Waals surface area (Å²) in [5.74, 6) is 0.499. The van der Waals surface area contributed by atoms with Gasteiger partial charge in [-0.25, -0.2) is 9.97 Å². The van der Waals surface area contributed by atoms with Gasteiger partial charge in [0.2, 0.25) is 5.91 Å². The van der Waals surface area contributed by atoms with Crippen LogP contribution in [-0.2, 0) is 18.0 Å². The lowest BCUT2D eigenvalue weighted by molar-refractivity contribution is -0.143. The predicted octanol–water partition coefficient (Wildman–Crippen LogP) is 4.50. The number of alkyl halides is 3. The van der Waals surface area contributed by atoms with Crippen molar-refractivity contribution in [3.63, 3.8) is 0 Å². The van der Waals surface area contributed by atoms with Crippen molar-refractivity contribution in [2.24, 2.45) is 7.05 Å². The molecule has 1 atom stereocenters. The zero-order valence-corrected chi connectivity index (χ0v) is 23.4. The number of aryl methyl sites for hydroxylation is 1. The van der Waals surface area contributed by atoms with Gasteiger partial charge in [-0.05, 0) is 38.0 Å². The molecule has 2 amide bonds. The fraction of sp³-hybridized carbons (Fsp3) is 0.393. The SMILES string of the molecule is CCOc1cc(C(=O)Nc2cc(C(F)(F)F)n(C)n2)ccc1-c1nc(C2CCCN(C(=O)CC)C2)n2ccnc(N)c12. The minimum atomic E-state index is -4.61. The third-order valence-electron chi connectivity index (χ3n) is 7.26. The van der Waals surface area contributed by atoms with Gasteiger partial charge in [0.1, 0.15) is 34.3 Å². The third kappa shape index (κ3) is 5.48. The second kappa shape index (κ2) is 11.3. The van der Waals surface area contributed by atoms with E-state index in [-0.39, 0.29) is 35.6 Å². The van der Waals surface area contributed by atoms with Crippen LogP contribution >= 0.6 is 0 Å². The van der Waals surface area contributed by atoms with Gasteiger partial charge in [-0.3, -0.25) is 18.7 Å². The molecule has 42 heavy (non-hydrogen) atoms. The third-order valence-corrected chi connectivity index (χ3v) is 7.26. The van der Waals surface area contributed by atoms with Gasteiger partial charge in [-0.15, -0.1) is 0 Å². The Morgan fingerprint density at radius 3 is 2.69 bits per heavy atom. The largest absolute Gasteiger partial charge is 0.493 e. The molecular formula is C28H31F3N8O3. The van der Waals surface area contributed by atoms with Gasteiger partial charge in [0.05, 0.1) is 6.61 Å². The maximum atomic E-state index is 13.2. The van der Waals surface area contributed by atoms with Gasteiger partial charge in [0.15, 0.2) is 5.82 Å². The molecule has 0 saturated carbocycles. The number of piperidine rings is 1. The van der Waals surface area contributed by atoms with E-state index in [1.807, 2.05) is 16.2 Å². The van der Waals surface area contributed by atoms with Crippen molar-refractivity contribution in [2.75, 3.05) is 30.7 Å². The Morgan fingerprint density at radius 1 is 1.21 bits per heavy atom. The standard InChI is InChI=1S/C28H31F3N8O3/c1-4-22(40)38-11-6-7-17(15-38)26-35-23(24-25(32)33-10-12-39(24)26)18-9-8-16(13-19(18)42-5-2)27(41)34-21-14-20(28(29,30)31)37(3)36-21/h8-10,12-14,17H,4-7,11,15H2,1-3H3,(H2,32,33)(H,34,36,41). The Hall–Kier alpha value is -4.62. The normalized spacial score (nSPS) is 15.7. The number of amides is 2. The van der Waals surface area contributed by atoms with E-state index in [0.29, 0.717) is 46.7 Å². The molecule has 0 spiro atoms. The lowest BCUT2D eigenvalue weighted by Crippen LogP contribution is -2.39. The number of imidazole rings is 1. The smallest absolute Gasteiger partial charge is 0.433 e. The van der Waals surface area contributed by atoms with Crippen LogP contribution in [0.15, 0.2) is 36.7 Å². The summed E-state index contributed by atoms with van der Waals surface area (Å²) in [6.07, 6.45) is 0.874. The number of halogens is 3. The zero-order chi connectivity index (χ0) is 30.2. The molecule has 1 aliphatic heterocycles. The number of hydrogen-bond acceptors (Lipinski definition) is 7. The average molecular weight is 585 g/mol. The van der Waals surface area contributed by atoms with Gasteiger partial charge >= 0.3 is 6.18 Å². The number of anilines is 2. The molecule has 5 rings (SSSR count). The first-order valence-electron chi connectivity index (χ1n) is 13.6. The van der Waals surface area contributed by atoms with E-state index in [1.54, 1.807) is 25.4 Å². The molecule has 3 aromatic heterocycles. The zero-order valence-electron chi connectivity index (χ0n) is 23.4. The van der Waals surface area contributed by atoms with E-state index in [2.05, 4.69) is 15.4 Å². The van der Waals surface area contributed by atoms with Gasteiger partial charge in [0.25, 0.3) is 5.91 Å². The fourth-order valence-corrected chi connectivity index (χ4v) is 5.32. The van der Waals surface area contributed by atoms with E-state index in [1.165, 1.54) is 12.1 Å². The summed E-state index contributed by atoms with van der Waals surface area (Å²) in [6, 6.07) is 5.46. The minimum Gasteiger partial charge on any atom is -0.493 e. The molecule has 1 unspecified atom stereocenters. The summed E-state index contributed by atoms with van der Waals surface area (Å²) < 4.78 is 47.9. The summed E-state index contributed by atoms with van der Waals surface area (Å²) in [6.45, 7) is 5.15. The van der Waals surface area contributed by atoms with Crippen LogP contribution in [0, 0.1) is 0 Å². The fourth-order valence-electron chi connectivity index (χ4n) is 5.32. The van der Waals surface area contributed by atoms with Crippen molar-refractivity contribution in [3.05, 3.63) is 53.7 Å². The predicted molar refractivity (Wildman–Crippen MR) is 149 cm³/mol. The Balaban J connectivity index is 1.52. The van der Waals surface area contributed by atoms with E-state index < -0.39 is 17.8 Å². The van der Waals surface area contributed by atoms with Crippen molar-refractivity contribution in [2.45, 2.75) is 45.2 Å². The molecule has 0 bridgehead atoms. The molecule has 1 saturated heterocycles. The van der Waals surface area contributed by atoms with Crippen LogP contribution in [-0.4, -0.2) is 60.6 Å². The summed E-state index contributed by atoms with van der Waals surface area (Å²) in [4.78, 5) is 36.5. The van der Waals surface area contributed by atoms with Gasteiger partial charge in [-0.2, -0.15) is 18.3 Å². The van der Waals surface area contributed by atoms with Crippen molar-refractivity contribution in [1.29, 1.82) is 0 Å². The highest BCUT2D eigenvalue weighted by atomic mass is 19.4. The molecule has 11 nitrogen and oxygen atoms in total. The highest BCUT2D eigenvalue weighted by Crippen LogP contribution is 2.38. The summed E-state index contributed by atoms with van der Waals surface area (Å²) in [5.41, 5.74) is 7.13. The van der Waals surface area contributed by atoms with Crippen LogP contribution in [0.25, 0.3) is 16.8 Å². The Kier molecular flexibility index (Phi) is 7.80. The molecular weight excluding hydrogens is 553 g/mol. The first kappa shape index (κ1) is 28.9. The monoisotopic (exact) mass is 584 g/mol. The topological polar surface area (TPSA) is 133 Å². The molecule has 222 valence electrons. The van der Waals surface area contributed by atoms with Crippen molar-refractivity contribution in [1.82, 2.24) is 29.0 Å². The van der Waals surface area contributed by atoms with Gasteiger partial charge in [0, 0.05) is 62.1 Å². The molecule has 0 radical (unpaired) electrons. The van der Waals surface area contributed by atoms with Gasteiger partial charge in [-0.1, -0.05) is 6.92 Å². The summed E-state index contributed by atoms with van der Waals surface area (Å²) in [7, 11) is 1.15. The van der Waals surface area contributed by atoms with E-state index in [0.717, 1.165) is 31.8 Å². The van der Waals surface area contributed by atoms with Crippen LogP contribution in [0.5, 0.6) is 5.75 Å². The van der Waals surface area contributed by atoms with Crippen molar-refractivity contribution < 1.29 is 27.5 Å². The molecule has 1 fully saturated rings. The van der Waals surface area contributed by atoms with Crippen LogP contribution < -0.4 is 15.8 Å². The summed E-state index contributed by atoms with van der Waals surface area (Å²) >= 11 is 0. The van der Waals surface area contributed by atoms with Crippen LogP contribution in [0.3, 0.4) is 0 Å². The Labute approximate surface area is 239 Å². The number of carbonyl (C=O) groups excluding carboxylic acids is 2. The van der Waals surface area contributed by atoms with Crippen LogP contribution in [0.1, 0.15) is 60.9 Å². The number of benzene rings is 1. The minimum absolute atomic E-state index is 0.0298. The number of nitrogens with one attached hydrogen (secondary N) is 1. The van der Waals surface area contributed by atoms with Crippen molar-refractivity contribution in [3.8, 4) is 17.0 Å². The molecule has 14 heteroatoms. The number of fused-ring (bicyclic) bond motifs is 1. The molecule has 4 aromatic rings. The number of nitrogen functional groups attached to an aromatic ring is 1. The second-order valence-electron chi connectivity index (χ2n) is 10.0. The molecule has 1 aromatic carbocycles. The Bertz CT molecular complexity index is 1650. The number of likely N-dealkylation sites (tertiary alicyclic amines) is 1. The highest BCUT2D eigenvalue weighted by Gasteiger charge is 2.35. The molecule has 4 heterocycles. The molecule has 0 aliphatic carbocycles. The number of ether oxygens (including phenoxy) is 1. The number of carbonyl (C=O) groups is 2. The molecule has 3 N–H and O–H groups in total. The quantitative estimate of drug-likeness (QED) is 0.327. The van der Waals surface area contributed by atoms with Crippen molar-refractivity contribution >= 4 is 29.0 Å². The number of rotatable bonds is 7. The summed E-state index contributed by atoms with van der Waals surface area (Å²) in [5, 5.41) is 6.17. The van der Waals surface area contributed by atoms with E-state index in [4.69, 9.17) is 15.5 Å². The lowest BCUT2D eigenvalue weighted by Gasteiger charge is -2.32. The highest BCUT2D eigenvalue weighted by molar-refractivity contribution is 6.04. The van der Waals surface area contributed by atoms with Crippen LogP contribution in [0.2, 0.25) is 0 Å². The second-order valence-corrected chi connectivity index (χ2v) is 10.0. The number of hydrogen-bond donors (Lipinski definition) is 2. The average Bonchev–Trinajstić information content (AvgIpc) is 3.54. The van der Waals surface area contributed by atoms with E-state index in [9.17, 15) is 22.8 Å². The molecule has 1 aliphatic rings. The number of aromatic nitrogens is 5. The van der Waals surface area contributed by atoms with Gasteiger partial charge < -0.3 is 20.7 Å². The Morgan fingerprint density at radius 2 is 2.00 bits per heavy atom. The van der Waals surface area contributed by atoms with Crippen LogP contribution in [0.4, 0.5) is 24.8 Å². The lowest BCUT2D eigenvalue weighted by atomic mass is 9.97. The maximum Gasteiger partial charge on any atom is 0.433 e. The first-order valence-corrected chi connectivity index (χ1v) is 13.6.